The Bertz CT molecular complexity index is 295. The lowest BCUT2D eigenvalue weighted by Crippen LogP contribution is -2.60. The van der Waals surface area contributed by atoms with E-state index in [1.54, 1.807) is 11.8 Å². The van der Waals surface area contributed by atoms with E-state index in [-0.39, 0.29) is 24.2 Å². The van der Waals surface area contributed by atoms with Crippen LogP contribution in [0.3, 0.4) is 0 Å². The van der Waals surface area contributed by atoms with E-state index in [9.17, 15) is 9.59 Å². The molecule has 0 aromatic rings. The summed E-state index contributed by atoms with van der Waals surface area (Å²) in [7, 11) is 0. The van der Waals surface area contributed by atoms with Gasteiger partial charge in [0.25, 0.3) is 5.91 Å². The molecule has 2 aliphatic rings. The van der Waals surface area contributed by atoms with E-state index in [1.807, 2.05) is 0 Å². The zero-order valence-electron chi connectivity index (χ0n) is 9.77. The van der Waals surface area contributed by atoms with Crippen LogP contribution in [0.5, 0.6) is 0 Å². The monoisotopic (exact) mass is 263 g/mol. The molecule has 0 saturated carbocycles. The van der Waals surface area contributed by atoms with Gasteiger partial charge in [0.05, 0.1) is 6.61 Å². The number of rotatable bonds is 1. The topological polar surface area (TPSA) is 70.7 Å². The highest BCUT2D eigenvalue weighted by Crippen LogP contribution is 2.09. The summed E-state index contributed by atoms with van der Waals surface area (Å²) in [5, 5.41) is 5.84. The molecule has 2 atom stereocenters. The summed E-state index contributed by atoms with van der Waals surface area (Å²) in [5.41, 5.74) is 0. The largest absolute Gasteiger partial charge is 0.366 e. The fourth-order valence-electron chi connectivity index (χ4n) is 1.99. The van der Waals surface area contributed by atoms with Crippen molar-refractivity contribution in [2.75, 3.05) is 32.8 Å². The lowest BCUT2D eigenvalue weighted by atomic mass is 10.1. The average Bonchev–Trinajstić information content (AvgIpc) is 2.33. The standard InChI is InChI=1S/C10H17N3O3.ClH/c1-7-9(14)12-2-4-13(7)10(15)8-6-11-3-5-16-8;/h7-8,11H,2-6H2,1H3,(H,12,14);1H. The number of nitrogens with one attached hydrogen (secondary N) is 2. The Morgan fingerprint density at radius 3 is 2.88 bits per heavy atom. The third kappa shape index (κ3) is 3.08. The maximum atomic E-state index is 12.1. The number of ether oxygens (including phenoxy) is 1. The first-order valence-corrected chi connectivity index (χ1v) is 5.60. The normalized spacial score (nSPS) is 29.2. The fourth-order valence-corrected chi connectivity index (χ4v) is 1.99. The molecule has 2 unspecified atom stereocenters. The van der Waals surface area contributed by atoms with Gasteiger partial charge in [-0.1, -0.05) is 0 Å². The zero-order valence-corrected chi connectivity index (χ0v) is 10.6. The molecule has 2 fully saturated rings. The Labute approximate surface area is 106 Å². The molecule has 0 radical (unpaired) electrons. The Morgan fingerprint density at radius 1 is 1.47 bits per heavy atom. The van der Waals surface area contributed by atoms with Crippen LogP contribution in [0.2, 0.25) is 0 Å². The third-order valence-corrected chi connectivity index (χ3v) is 2.99. The van der Waals surface area contributed by atoms with E-state index in [0.717, 1.165) is 6.54 Å². The Hall–Kier alpha value is -0.850. The molecule has 0 spiro atoms. The molecule has 6 nitrogen and oxygen atoms in total. The summed E-state index contributed by atoms with van der Waals surface area (Å²) in [6.45, 7) is 4.68. The Balaban J connectivity index is 0.00000144. The molecule has 2 N–H and O–H groups in total. The van der Waals surface area contributed by atoms with Crippen LogP contribution in [0.1, 0.15) is 6.92 Å². The summed E-state index contributed by atoms with van der Waals surface area (Å²) in [4.78, 5) is 25.1. The first-order chi connectivity index (χ1) is 7.70. The maximum absolute atomic E-state index is 12.1. The summed E-state index contributed by atoms with van der Waals surface area (Å²) in [6.07, 6.45) is -0.443. The fraction of sp³-hybridized carbons (Fsp3) is 0.800. The molecule has 0 aliphatic carbocycles. The molecular weight excluding hydrogens is 246 g/mol. The molecule has 2 saturated heterocycles. The smallest absolute Gasteiger partial charge is 0.253 e. The van der Waals surface area contributed by atoms with Crippen LogP contribution in [0, 0.1) is 0 Å². The third-order valence-electron chi connectivity index (χ3n) is 2.99. The lowest BCUT2D eigenvalue weighted by molar-refractivity contribution is -0.152. The second kappa shape index (κ2) is 6.18. The second-order valence-electron chi connectivity index (χ2n) is 4.06. The van der Waals surface area contributed by atoms with Crippen LogP contribution in [-0.4, -0.2) is 61.6 Å². The molecule has 2 heterocycles. The van der Waals surface area contributed by atoms with Crippen LogP contribution >= 0.6 is 12.4 Å². The van der Waals surface area contributed by atoms with Crippen molar-refractivity contribution in [3.8, 4) is 0 Å². The lowest BCUT2D eigenvalue weighted by Gasteiger charge is -2.36. The SMILES string of the molecule is CC1C(=O)NCCN1C(=O)C1CNCCO1.Cl. The molecular formula is C10H18ClN3O3. The number of hydrogen-bond acceptors (Lipinski definition) is 4. The highest BCUT2D eigenvalue weighted by Gasteiger charge is 2.34. The molecule has 7 heteroatoms. The minimum Gasteiger partial charge on any atom is -0.366 e. The summed E-state index contributed by atoms with van der Waals surface area (Å²) in [5.74, 6) is -0.182. The van der Waals surface area contributed by atoms with Crippen molar-refractivity contribution in [2.24, 2.45) is 0 Å². The Kier molecular flexibility index (Phi) is 5.17. The van der Waals surface area contributed by atoms with Crippen molar-refractivity contribution in [1.82, 2.24) is 15.5 Å². The van der Waals surface area contributed by atoms with E-state index in [1.165, 1.54) is 0 Å². The highest BCUT2D eigenvalue weighted by molar-refractivity contribution is 5.90. The van der Waals surface area contributed by atoms with Gasteiger partial charge < -0.3 is 20.3 Å². The first-order valence-electron chi connectivity index (χ1n) is 5.60. The number of carbonyl (C=O) groups excluding carboxylic acids is 2. The van der Waals surface area contributed by atoms with Crippen molar-refractivity contribution < 1.29 is 14.3 Å². The summed E-state index contributed by atoms with van der Waals surface area (Å²) >= 11 is 0. The Morgan fingerprint density at radius 2 is 2.24 bits per heavy atom. The van der Waals surface area contributed by atoms with Gasteiger partial charge >= 0.3 is 0 Å². The summed E-state index contributed by atoms with van der Waals surface area (Å²) in [6, 6.07) is -0.397. The first kappa shape index (κ1) is 14.2. The van der Waals surface area contributed by atoms with E-state index in [2.05, 4.69) is 10.6 Å². The van der Waals surface area contributed by atoms with Gasteiger partial charge in [0.2, 0.25) is 5.91 Å². The zero-order chi connectivity index (χ0) is 11.5. The molecule has 2 aliphatic heterocycles. The van der Waals surface area contributed by atoms with Crippen molar-refractivity contribution >= 4 is 24.2 Å². The predicted molar refractivity (Wildman–Crippen MR) is 64.0 cm³/mol. The van der Waals surface area contributed by atoms with Gasteiger partial charge in [-0.2, -0.15) is 0 Å². The number of hydrogen-bond donors (Lipinski definition) is 2. The number of piperazine rings is 1. The van der Waals surface area contributed by atoms with E-state index in [4.69, 9.17) is 4.74 Å². The number of amides is 2. The van der Waals surface area contributed by atoms with Gasteiger partial charge in [-0.05, 0) is 6.92 Å². The van der Waals surface area contributed by atoms with Crippen LogP contribution < -0.4 is 10.6 Å². The van der Waals surface area contributed by atoms with E-state index >= 15 is 0 Å². The van der Waals surface area contributed by atoms with Crippen LogP contribution in [-0.2, 0) is 14.3 Å². The van der Waals surface area contributed by atoms with Gasteiger partial charge in [-0.3, -0.25) is 9.59 Å². The summed E-state index contributed by atoms with van der Waals surface area (Å²) < 4.78 is 5.39. The van der Waals surface area contributed by atoms with Crippen LogP contribution in [0.25, 0.3) is 0 Å². The van der Waals surface area contributed by atoms with Gasteiger partial charge in [0.1, 0.15) is 12.1 Å². The molecule has 2 rings (SSSR count). The molecule has 0 aromatic carbocycles. The number of halogens is 1. The molecule has 0 aromatic heterocycles. The minimum absolute atomic E-state index is 0. The van der Waals surface area contributed by atoms with Crippen molar-refractivity contribution in [3.63, 3.8) is 0 Å². The second-order valence-corrected chi connectivity index (χ2v) is 4.06. The minimum atomic E-state index is -0.443. The number of carbonyl (C=O) groups is 2. The number of morpholine rings is 1. The molecule has 0 bridgehead atoms. The van der Waals surface area contributed by atoms with Crippen LogP contribution in [0.4, 0.5) is 0 Å². The quantitative estimate of drug-likeness (QED) is 0.620. The average molecular weight is 264 g/mol. The molecule has 17 heavy (non-hydrogen) atoms. The van der Waals surface area contributed by atoms with Crippen molar-refractivity contribution in [3.05, 3.63) is 0 Å². The predicted octanol–water partition coefficient (Wildman–Crippen LogP) is -1.26. The van der Waals surface area contributed by atoms with Crippen molar-refractivity contribution in [2.45, 2.75) is 19.1 Å². The van der Waals surface area contributed by atoms with Crippen molar-refractivity contribution in [1.29, 1.82) is 0 Å². The van der Waals surface area contributed by atoms with Gasteiger partial charge in [-0.15, -0.1) is 12.4 Å². The van der Waals surface area contributed by atoms with E-state index in [0.29, 0.717) is 26.2 Å². The van der Waals surface area contributed by atoms with Gasteiger partial charge in [-0.25, -0.2) is 0 Å². The van der Waals surface area contributed by atoms with Gasteiger partial charge in [0.15, 0.2) is 0 Å². The maximum Gasteiger partial charge on any atom is 0.253 e. The molecule has 98 valence electrons. The highest BCUT2D eigenvalue weighted by atomic mass is 35.5. The molecule has 2 amide bonds. The van der Waals surface area contributed by atoms with E-state index < -0.39 is 12.1 Å². The van der Waals surface area contributed by atoms with Gasteiger partial charge in [0, 0.05) is 26.2 Å². The van der Waals surface area contributed by atoms with Crippen LogP contribution in [0.15, 0.2) is 0 Å². The number of nitrogens with zero attached hydrogens (tertiary/aromatic N) is 1.